The number of fused-ring (bicyclic) bond motifs is 1. The fraction of sp³-hybridized carbons (Fsp3) is 0.360. The molecular weight excluding hydrogens is 418 g/mol. The quantitative estimate of drug-likeness (QED) is 0.580. The number of carbonyl (C=O) groups excluding carboxylic acids is 2. The highest BCUT2D eigenvalue weighted by Crippen LogP contribution is 2.41. The average Bonchev–Trinajstić information content (AvgIpc) is 3.22. The van der Waals surface area contributed by atoms with Gasteiger partial charge in [-0.1, -0.05) is 13.8 Å². The van der Waals surface area contributed by atoms with Crippen LogP contribution < -0.4 is 15.4 Å². The molecule has 8 nitrogen and oxygen atoms in total. The van der Waals surface area contributed by atoms with Crippen molar-refractivity contribution in [3.05, 3.63) is 71.8 Å². The predicted octanol–water partition coefficient (Wildman–Crippen LogP) is 3.23. The van der Waals surface area contributed by atoms with Crippen LogP contribution in [-0.2, 0) is 11.2 Å². The van der Waals surface area contributed by atoms with Gasteiger partial charge in [0.25, 0.3) is 5.91 Å². The van der Waals surface area contributed by atoms with Crippen LogP contribution in [0.15, 0.2) is 55.0 Å². The highest BCUT2D eigenvalue weighted by atomic mass is 16.5. The van der Waals surface area contributed by atoms with Gasteiger partial charge in [-0.2, -0.15) is 5.10 Å². The van der Waals surface area contributed by atoms with Crippen LogP contribution in [0.4, 0.5) is 0 Å². The zero-order valence-electron chi connectivity index (χ0n) is 19.2. The SMILES string of the molecule is COc1ccc(-n2ncc3c2CC(C)(C)C[C@H]3NC(=O)CCNC(=O)c2cccnc2)cc1. The summed E-state index contributed by atoms with van der Waals surface area (Å²) in [6, 6.07) is 11.0. The van der Waals surface area contributed by atoms with E-state index in [-0.39, 0.29) is 36.2 Å². The molecule has 172 valence electrons. The number of pyridine rings is 1. The van der Waals surface area contributed by atoms with Gasteiger partial charge in [0.2, 0.25) is 5.91 Å². The van der Waals surface area contributed by atoms with E-state index in [9.17, 15) is 9.59 Å². The zero-order chi connectivity index (χ0) is 23.4. The van der Waals surface area contributed by atoms with Crippen molar-refractivity contribution in [2.24, 2.45) is 5.41 Å². The molecule has 2 N–H and O–H groups in total. The van der Waals surface area contributed by atoms with Gasteiger partial charge in [0.05, 0.1) is 36.3 Å². The van der Waals surface area contributed by atoms with Crippen molar-refractivity contribution < 1.29 is 14.3 Å². The third kappa shape index (κ3) is 5.22. The molecular formula is C25H29N5O3. The van der Waals surface area contributed by atoms with Crippen LogP contribution in [0.1, 0.15) is 54.3 Å². The number of carbonyl (C=O) groups is 2. The summed E-state index contributed by atoms with van der Waals surface area (Å²) in [6.45, 7) is 4.66. The van der Waals surface area contributed by atoms with E-state index in [4.69, 9.17) is 4.74 Å². The van der Waals surface area contributed by atoms with Crippen LogP contribution in [-0.4, -0.2) is 40.2 Å². The van der Waals surface area contributed by atoms with Crippen molar-refractivity contribution >= 4 is 11.8 Å². The molecule has 33 heavy (non-hydrogen) atoms. The Morgan fingerprint density at radius 2 is 1.97 bits per heavy atom. The number of benzene rings is 1. The van der Waals surface area contributed by atoms with Gasteiger partial charge in [-0.3, -0.25) is 14.6 Å². The first-order valence-corrected chi connectivity index (χ1v) is 11.0. The lowest BCUT2D eigenvalue weighted by molar-refractivity contribution is -0.122. The molecule has 0 radical (unpaired) electrons. The monoisotopic (exact) mass is 447 g/mol. The summed E-state index contributed by atoms with van der Waals surface area (Å²) < 4.78 is 7.21. The summed E-state index contributed by atoms with van der Waals surface area (Å²) in [6.07, 6.45) is 6.85. The molecule has 4 rings (SSSR count). The molecule has 1 aliphatic carbocycles. The van der Waals surface area contributed by atoms with E-state index in [2.05, 4.69) is 34.6 Å². The van der Waals surface area contributed by atoms with Gasteiger partial charge in [-0.15, -0.1) is 0 Å². The standard InChI is InChI=1S/C25H29N5O3/c1-25(2)13-21(29-23(31)10-12-27-24(32)17-5-4-11-26-15-17)20-16-28-30(22(20)14-25)18-6-8-19(33-3)9-7-18/h4-9,11,15-16,21H,10,12-14H2,1-3H3,(H,27,32)(H,29,31)/t21-/m1/s1. The summed E-state index contributed by atoms with van der Waals surface area (Å²) in [5, 5.41) is 10.5. The molecule has 0 aliphatic heterocycles. The van der Waals surface area contributed by atoms with Gasteiger partial charge in [-0.05, 0) is 54.7 Å². The maximum absolute atomic E-state index is 12.7. The van der Waals surface area contributed by atoms with E-state index in [1.54, 1.807) is 25.4 Å². The Kier molecular flexibility index (Phi) is 6.44. The number of nitrogens with zero attached hydrogens (tertiary/aromatic N) is 3. The minimum Gasteiger partial charge on any atom is -0.497 e. The number of nitrogens with one attached hydrogen (secondary N) is 2. The summed E-state index contributed by atoms with van der Waals surface area (Å²) in [4.78, 5) is 28.8. The molecule has 0 bridgehead atoms. The van der Waals surface area contributed by atoms with E-state index in [0.29, 0.717) is 5.56 Å². The Morgan fingerprint density at radius 1 is 1.18 bits per heavy atom. The second-order valence-corrected chi connectivity index (χ2v) is 9.07. The van der Waals surface area contributed by atoms with Crippen molar-refractivity contribution in [3.8, 4) is 11.4 Å². The van der Waals surface area contributed by atoms with E-state index in [0.717, 1.165) is 35.5 Å². The molecule has 3 aromatic rings. The Morgan fingerprint density at radius 3 is 2.67 bits per heavy atom. The number of hydrogen-bond acceptors (Lipinski definition) is 5. The molecule has 1 atom stereocenters. The van der Waals surface area contributed by atoms with Gasteiger partial charge < -0.3 is 15.4 Å². The van der Waals surface area contributed by atoms with E-state index in [1.807, 2.05) is 35.1 Å². The number of rotatable bonds is 7. The number of methoxy groups -OCH3 is 1. The van der Waals surface area contributed by atoms with Gasteiger partial charge in [0, 0.05) is 30.9 Å². The Labute approximate surface area is 193 Å². The second-order valence-electron chi connectivity index (χ2n) is 9.07. The van der Waals surface area contributed by atoms with Gasteiger partial charge >= 0.3 is 0 Å². The number of aromatic nitrogens is 3. The number of amides is 2. The molecule has 1 aromatic carbocycles. The van der Waals surface area contributed by atoms with Crippen LogP contribution in [0.3, 0.4) is 0 Å². The van der Waals surface area contributed by atoms with E-state index < -0.39 is 0 Å². The van der Waals surface area contributed by atoms with Crippen LogP contribution in [0.25, 0.3) is 5.69 Å². The minimum atomic E-state index is -0.238. The van der Waals surface area contributed by atoms with Crippen LogP contribution in [0, 0.1) is 5.41 Å². The largest absolute Gasteiger partial charge is 0.497 e. The average molecular weight is 448 g/mol. The van der Waals surface area contributed by atoms with E-state index >= 15 is 0 Å². The minimum absolute atomic E-state index is 0.00370. The molecule has 0 saturated carbocycles. The fourth-order valence-electron chi connectivity index (χ4n) is 4.27. The smallest absolute Gasteiger partial charge is 0.252 e. The van der Waals surface area contributed by atoms with Gasteiger partial charge in [0.1, 0.15) is 5.75 Å². The molecule has 2 aromatic heterocycles. The third-order valence-electron chi connectivity index (χ3n) is 5.89. The summed E-state index contributed by atoms with van der Waals surface area (Å²) >= 11 is 0. The van der Waals surface area contributed by atoms with Crippen molar-refractivity contribution in [2.45, 2.75) is 39.2 Å². The Bertz CT molecular complexity index is 1120. The topological polar surface area (TPSA) is 98.1 Å². The molecule has 2 heterocycles. The highest BCUT2D eigenvalue weighted by molar-refractivity contribution is 5.94. The van der Waals surface area contributed by atoms with Gasteiger partial charge in [-0.25, -0.2) is 4.68 Å². The van der Waals surface area contributed by atoms with E-state index in [1.165, 1.54) is 6.20 Å². The van der Waals surface area contributed by atoms with Crippen LogP contribution in [0.2, 0.25) is 0 Å². The van der Waals surface area contributed by atoms with Crippen molar-refractivity contribution in [2.75, 3.05) is 13.7 Å². The Balaban J connectivity index is 1.43. The number of hydrogen-bond donors (Lipinski definition) is 2. The normalized spacial score (nSPS) is 16.5. The zero-order valence-corrected chi connectivity index (χ0v) is 19.2. The first-order chi connectivity index (χ1) is 15.9. The Hall–Kier alpha value is -3.68. The predicted molar refractivity (Wildman–Crippen MR) is 124 cm³/mol. The number of ether oxygens (including phenoxy) is 1. The summed E-state index contributed by atoms with van der Waals surface area (Å²) in [7, 11) is 1.64. The lowest BCUT2D eigenvalue weighted by Crippen LogP contribution is -2.38. The molecule has 0 fully saturated rings. The second kappa shape index (κ2) is 9.44. The summed E-state index contributed by atoms with van der Waals surface area (Å²) in [5.41, 5.74) is 3.58. The lowest BCUT2D eigenvalue weighted by atomic mass is 9.74. The van der Waals surface area contributed by atoms with Crippen molar-refractivity contribution in [1.29, 1.82) is 0 Å². The lowest BCUT2D eigenvalue weighted by Gasteiger charge is -2.36. The molecule has 2 amide bonds. The van der Waals surface area contributed by atoms with Crippen molar-refractivity contribution in [3.63, 3.8) is 0 Å². The molecule has 0 unspecified atom stereocenters. The van der Waals surface area contributed by atoms with Gasteiger partial charge in [0.15, 0.2) is 0 Å². The first-order valence-electron chi connectivity index (χ1n) is 11.0. The molecule has 0 saturated heterocycles. The maximum Gasteiger partial charge on any atom is 0.252 e. The fourth-order valence-corrected chi connectivity index (χ4v) is 4.27. The first kappa shape index (κ1) is 22.5. The van der Waals surface area contributed by atoms with Crippen LogP contribution >= 0.6 is 0 Å². The maximum atomic E-state index is 12.7. The van der Waals surface area contributed by atoms with Crippen LogP contribution in [0.5, 0.6) is 5.75 Å². The molecule has 0 spiro atoms. The van der Waals surface area contributed by atoms with Crippen molar-refractivity contribution in [1.82, 2.24) is 25.4 Å². The summed E-state index contributed by atoms with van der Waals surface area (Å²) in [5.74, 6) is 0.450. The highest BCUT2D eigenvalue weighted by Gasteiger charge is 2.36. The molecule has 8 heteroatoms. The third-order valence-corrected chi connectivity index (χ3v) is 5.89. The molecule has 1 aliphatic rings.